The first-order chi connectivity index (χ1) is 4.09. The van der Waals surface area contributed by atoms with Crippen LogP contribution in [0.4, 0.5) is 0 Å². The molecule has 0 saturated heterocycles. The average molecular weight is 149 g/mol. The molecule has 0 radical (unpaired) electrons. The van der Waals surface area contributed by atoms with E-state index in [2.05, 4.69) is 0 Å². The molecule has 0 saturated carbocycles. The summed E-state index contributed by atoms with van der Waals surface area (Å²) in [6, 6.07) is 0. The normalized spacial score (nSPS) is 12.4. The molecule has 9 heavy (non-hydrogen) atoms. The molecule has 2 nitrogen and oxygen atoms in total. The van der Waals surface area contributed by atoms with E-state index >= 15 is 0 Å². The number of carbonyl (C=O) groups is 1. The Morgan fingerprint density at radius 2 is 1.89 bits per heavy atom. The highest BCUT2D eigenvalue weighted by molar-refractivity contribution is 6.42. The van der Waals surface area contributed by atoms with Crippen LogP contribution >= 0.6 is 11.6 Å². The summed E-state index contributed by atoms with van der Waals surface area (Å²) in [5, 5.41) is 0.164. The third-order valence-electron chi connectivity index (χ3n) is 0.924. The maximum atomic E-state index is 10.5. The smallest absolute Gasteiger partial charge is 0.174 e. The Morgan fingerprint density at radius 3 is 2.00 bits per heavy atom. The van der Waals surface area contributed by atoms with Crippen molar-refractivity contribution in [2.24, 2.45) is 0 Å². The van der Waals surface area contributed by atoms with E-state index in [9.17, 15) is 4.79 Å². The lowest BCUT2D eigenvalue weighted by atomic mass is 10.4. The standard InChI is InChI=1S/C6H9ClO2/c1-4(8)6(7)5(2)9-3/h1-3H3. The predicted octanol–water partition coefficient (Wildman–Crippen LogP) is 1.69. The first-order valence-corrected chi connectivity index (χ1v) is 2.88. The lowest BCUT2D eigenvalue weighted by molar-refractivity contribution is -0.113. The molecular weight excluding hydrogens is 140 g/mol. The van der Waals surface area contributed by atoms with Gasteiger partial charge in [-0.15, -0.1) is 0 Å². The molecular formula is C6H9ClO2. The summed E-state index contributed by atoms with van der Waals surface area (Å²) in [6.07, 6.45) is 0. The van der Waals surface area contributed by atoms with Crippen molar-refractivity contribution in [1.29, 1.82) is 0 Å². The van der Waals surface area contributed by atoms with Crippen molar-refractivity contribution in [3.8, 4) is 0 Å². The Balaban J connectivity index is 4.28. The molecule has 0 aliphatic heterocycles. The highest BCUT2D eigenvalue weighted by Gasteiger charge is 2.03. The van der Waals surface area contributed by atoms with Crippen molar-refractivity contribution in [2.45, 2.75) is 13.8 Å². The van der Waals surface area contributed by atoms with Crippen molar-refractivity contribution in [1.82, 2.24) is 0 Å². The minimum atomic E-state index is -0.170. The fourth-order valence-corrected chi connectivity index (χ4v) is 0.415. The number of hydrogen-bond acceptors (Lipinski definition) is 2. The fourth-order valence-electron chi connectivity index (χ4n) is 0.338. The lowest BCUT2D eigenvalue weighted by Gasteiger charge is -1.98. The summed E-state index contributed by atoms with van der Waals surface area (Å²) in [4.78, 5) is 10.5. The van der Waals surface area contributed by atoms with Gasteiger partial charge in [0.05, 0.1) is 7.11 Å². The Kier molecular flexibility index (Phi) is 3.32. The number of halogens is 1. The van der Waals surface area contributed by atoms with Crippen LogP contribution in [-0.2, 0) is 9.53 Å². The van der Waals surface area contributed by atoms with E-state index in [0.717, 1.165) is 0 Å². The topological polar surface area (TPSA) is 26.3 Å². The second-order valence-electron chi connectivity index (χ2n) is 1.63. The van der Waals surface area contributed by atoms with Gasteiger partial charge in [0.25, 0.3) is 0 Å². The van der Waals surface area contributed by atoms with E-state index in [-0.39, 0.29) is 10.8 Å². The van der Waals surface area contributed by atoms with Crippen LogP contribution in [0.3, 0.4) is 0 Å². The van der Waals surface area contributed by atoms with E-state index in [1.807, 2.05) is 0 Å². The summed E-state index contributed by atoms with van der Waals surface area (Å²) in [7, 11) is 1.47. The minimum absolute atomic E-state index is 0.164. The molecule has 52 valence electrons. The molecule has 0 bridgehead atoms. The van der Waals surface area contributed by atoms with Gasteiger partial charge in [-0.05, 0) is 6.92 Å². The second kappa shape index (κ2) is 3.51. The van der Waals surface area contributed by atoms with Crippen LogP contribution in [0, 0.1) is 0 Å². The maximum Gasteiger partial charge on any atom is 0.174 e. The Hall–Kier alpha value is -0.500. The van der Waals surface area contributed by atoms with Crippen molar-refractivity contribution in [3.63, 3.8) is 0 Å². The highest BCUT2D eigenvalue weighted by atomic mass is 35.5. The molecule has 0 unspecified atom stereocenters. The van der Waals surface area contributed by atoms with E-state index in [4.69, 9.17) is 16.3 Å². The van der Waals surface area contributed by atoms with E-state index in [0.29, 0.717) is 5.76 Å². The van der Waals surface area contributed by atoms with Gasteiger partial charge in [0.1, 0.15) is 10.8 Å². The molecule has 0 atom stereocenters. The number of Topliss-reactive ketones (excluding diaryl/α,β-unsaturated/α-hetero) is 1. The maximum absolute atomic E-state index is 10.5. The Bertz CT molecular complexity index is 149. The van der Waals surface area contributed by atoms with Gasteiger partial charge in [0.2, 0.25) is 0 Å². The number of ketones is 1. The third-order valence-corrected chi connectivity index (χ3v) is 1.46. The fraction of sp³-hybridized carbons (Fsp3) is 0.500. The van der Waals surface area contributed by atoms with Crippen LogP contribution in [0.15, 0.2) is 10.8 Å². The van der Waals surface area contributed by atoms with Crippen LogP contribution in [0.5, 0.6) is 0 Å². The summed E-state index contributed by atoms with van der Waals surface area (Å²) in [5.74, 6) is 0.292. The highest BCUT2D eigenvalue weighted by Crippen LogP contribution is 2.09. The van der Waals surface area contributed by atoms with Crippen molar-refractivity contribution in [3.05, 3.63) is 10.8 Å². The molecule has 0 N–H and O–H groups in total. The number of hydrogen-bond donors (Lipinski definition) is 0. The SMILES string of the molecule is COC(C)=C(Cl)C(C)=O. The van der Waals surface area contributed by atoms with Crippen LogP contribution in [0.2, 0.25) is 0 Å². The molecule has 0 aliphatic carbocycles. The molecule has 0 amide bonds. The molecule has 0 aliphatic rings. The molecule has 0 heterocycles. The van der Waals surface area contributed by atoms with Crippen LogP contribution < -0.4 is 0 Å². The van der Waals surface area contributed by atoms with Gasteiger partial charge < -0.3 is 4.74 Å². The van der Waals surface area contributed by atoms with E-state index < -0.39 is 0 Å². The van der Waals surface area contributed by atoms with Gasteiger partial charge in [0, 0.05) is 6.92 Å². The average Bonchev–Trinajstić information content (AvgIpc) is 1.84. The van der Waals surface area contributed by atoms with Gasteiger partial charge in [-0.25, -0.2) is 0 Å². The Morgan fingerprint density at radius 1 is 1.44 bits per heavy atom. The zero-order chi connectivity index (χ0) is 7.44. The van der Waals surface area contributed by atoms with Gasteiger partial charge in [0.15, 0.2) is 5.78 Å². The molecule has 0 aromatic heterocycles. The Labute approximate surface area is 59.5 Å². The molecule has 0 aromatic carbocycles. The molecule has 0 rings (SSSR count). The van der Waals surface area contributed by atoms with Gasteiger partial charge in [-0.1, -0.05) is 11.6 Å². The van der Waals surface area contributed by atoms with Gasteiger partial charge in [-0.2, -0.15) is 0 Å². The largest absolute Gasteiger partial charge is 0.500 e. The zero-order valence-electron chi connectivity index (χ0n) is 5.69. The first-order valence-electron chi connectivity index (χ1n) is 2.51. The monoisotopic (exact) mass is 148 g/mol. The lowest BCUT2D eigenvalue weighted by Crippen LogP contribution is -1.94. The van der Waals surface area contributed by atoms with Crippen molar-refractivity contribution < 1.29 is 9.53 Å². The van der Waals surface area contributed by atoms with Gasteiger partial charge in [-0.3, -0.25) is 4.79 Å². The third kappa shape index (κ3) is 2.51. The summed E-state index contributed by atoms with van der Waals surface area (Å²) < 4.78 is 4.70. The quantitative estimate of drug-likeness (QED) is 0.440. The van der Waals surface area contributed by atoms with Gasteiger partial charge >= 0.3 is 0 Å². The van der Waals surface area contributed by atoms with Crippen LogP contribution in [0.25, 0.3) is 0 Å². The molecule has 0 spiro atoms. The molecule has 0 aromatic rings. The van der Waals surface area contributed by atoms with Crippen LogP contribution in [0.1, 0.15) is 13.8 Å². The number of allylic oxidation sites excluding steroid dienone is 2. The van der Waals surface area contributed by atoms with Crippen molar-refractivity contribution >= 4 is 17.4 Å². The molecule has 0 fully saturated rings. The number of ether oxygens (including phenoxy) is 1. The first kappa shape index (κ1) is 8.50. The van der Waals surface area contributed by atoms with Crippen LogP contribution in [-0.4, -0.2) is 12.9 Å². The summed E-state index contributed by atoms with van der Waals surface area (Å²) in [5.41, 5.74) is 0. The van der Waals surface area contributed by atoms with E-state index in [1.54, 1.807) is 6.92 Å². The molecule has 3 heteroatoms. The van der Waals surface area contributed by atoms with E-state index in [1.165, 1.54) is 14.0 Å². The number of carbonyl (C=O) groups excluding carboxylic acids is 1. The van der Waals surface area contributed by atoms with Crippen molar-refractivity contribution in [2.75, 3.05) is 7.11 Å². The number of methoxy groups -OCH3 is 1. The second-order valence-corrected chi connectivity index (χ2v) is 2.01. The summed E-state index contributed by atoms with van der Waals surface area (Å²) >= 11 is 5.47. The number of rotatable bonds is 2. The zero-order valence-corrected chi connectivity index (χ0v) is 6.45. The summed E-state index contributed by atoms with van der Waals surface area (Å²) in [6.45, 7) is 3.04. The predicted molar refractivity (Wildman–Crippen MR) is 36.2 cm³/mol. The minimum Gasteiger partial charge on any atom is -0.500 e.